The van der Waals surface area contributed by atoms with Crippen molar-refractivity contribution in [3.63, 3.8) is 0 Å². The fraction of sp³-hybridized carbons (Fsp3) is 0.269. The van der Waals surface area contributed by atoms with Crippen LogP contribution in [-0.4, -0.2) is 51.4 Å². The molecule has 1 saturated heterocycles. The molecule has 3 aromatic carbocycles. The Morgan fingerprint density at radius 3 is 2.15 bits per heavy atom. The third kappa shape index (κ3) is 3.97. The first-order chi connectivity index (χ1) is 15.9. The fourth-order valence-electron chi connectivity index (χ4n) is 4.80. The largest absolute Gasteiger partial charge is 0.368 e. The number of benzene rings is 3. The van der Waals surface area contributed by atoms with Crippen molar-refractivity contribution in [3.05, 3.63) is 90.0 Å². The molecule has 0 unspecified atom stereocenters. The molecule has 5 rings (SSSR count). The third-order valence-electron chi connectivity index (χ3n) is 6.47. The van der Waals surface area contributed by atoms with E-state index in [2.05, 4.69) is 17.0 Å². The molecular weight excluding hydrogens is 434 g/mol. The van der Waals surface area contributed by atoms with Gasteiger partial charge >= 0.3 is 0 Å². The Morgan fingerprint density at radius 2 is 1.48 bits per heavy atom. The van der Waals surface area contributed by atoms with Gasteiger partial charge in [-0.1, -0.05) is 36.4 Å². The van der Waals surface area contributed by atoms with Gasteiger partial charge in [0.15, 0.2) is 0 Å². The van der Waals surface area contributed by atoms with Crippen LogP contribution in [0, 0.1) is 0 Å². The van der Waals surface area contributed by atoms with Crippen LogP contribution in [-0.2, 0) is 16.4 Å². The number of fused-ring (bicyclic) bond motifs is 1. The van der Waals surface area contributed by atoms with Gasteiger partial charge in [-0.15, -0.1) is 0 Å². The Morgan fingerprint density at radius 1 is 0.848 bits per heavy atom. The summed E-state index contributed by atoms with van der Waals surface area (Å²) in [6.07, 6.45) is 0.588. The smallest absolute Gasteiger partial charge is 0.264 e. The van der Waals surface area contributed by atoms with Gasteiger partial charge in [-0.25, -0.2) is 8.42 Å². The lowest BCUT2D eigenvalue weighted by Gasteiger charge is -2.36. The van der Waals surface area contributed by atoms with E-state index in [1.807, 2.05) is 36.1 Å². The van der Waals surface area contributed by atoms with Gasteiger partial charge in [-0.3, -0.25) is 9.10 Å². The molecule has 0 saturated carbocycles. The van der Waals surface area contributed by atoms with E-state index in [1.165, 1.54) is 9.99 Å². The summed E-state index contributed by atoms with van der Waals surface area (Å²) in [4.78, 5) is 17.7. The van der Waals surface area contributed by atoms with Crippen LogP contribution in [0.2, 0.25) is 0 Å². The molecule has 0 aliphatic carbocycles. The highest BCUT2D eigenvalue weighted by atomic mass is 32.2. The van der Waals surface area contributed by atoms with Crippen molar-refractivity contribution in [2.45, 2.75) is 24.3 Å². The van der Waals surface area contributed by atoms with Crippen molar-refractivity contribution in [1.29, 1.82) is 0 Å². The van der Waals surface area contributed by atoms with E-state index in [0.29, 0.717) is 30.8 Å². The summed E-state index contributed by atoms with van der Waals surface area (Å²) in [5.74, 6) is 0.00234. The Kier molecular flexibility index (Phi) is 5.58. The Bertz CT molecular complexity index is 1250. The molecule has 0 radical (unpaired) electrons. The zero-order valence-electron chi connectivity index (χ0n) is 18.6. The van der Waals surface area contributed by atoms with Gasteiger partial charge in [-0.2, -0.15) is 0 Å². The fourth-order valence-corrected chi connectivity index (χ4v) is 6.51. The summed E-state index contributed by atoms with van der Waals surface area (Å²) < 4.78 is 28.0. The van der Waals surface area contributed by atoms with Crippen LogP contribution in [0.15, 0.2) is 83.8 Å². The molecule has 7 heteroatoms. The Balaban J connectivity index is 1.33. The highest BCUT2D eigenvalue weighted by Crippen LogP contribution is 2.37. The van der Waals surface area contributed by atoms with E-state index in [1.54, 1.807) is 42.5 Å². The van der Waals surface area contributed by atoms with Gasteiger partial charge in [0.1, 0.15) is 0 Å². The molecule has 6 nitrogen and oxygen atoms in total. The first-order valence-corrected chi connectivity index (χ1v) is 12.7. The number of rotatable bonds is 4. The maximum atomic E-state index is 13.3. The molecule has 1 atom stereocenters. The molecule has 2 aliphatic heterocycles. The van der Waals surface area contributed by atoms with Gasteiger partial charge in [0.05, 0.1) is 10.6 Å². The zero-order chi connectivity index (χ0) is 23.0. The molecule has 0 spiro atoms. The summed E-state index contributed by atoms with van der Waals surface area (Å²) in [6, 6.07) is 24.0. The van der Waals surface area contributed by atoms with Crippen molar-refractivity contribution in [1.82, 2.24) is 4.90 Å². The molecule has 2 heterocycles. The van der Waals surface area contributed by atoms with Crippen molar-refractivity contribution in [2.75, 3.05) is 35.4 Å². The average Bonchev–Trinajstić information content (AvgIpc) is 3.20. The first-order valence-electron chi connectivity index (χ1n) is 11.3. The van der Waals surface area contributed by atoms with Crippen molar-refractivity contribution >= 4 is 27.3 Å². The normalized spacial score (nSPS) is 18.3. The van der Waals surface area contributed by atoms with Gasteiger partial charge < -0.3 is 9.80 Å². The number of carbonyl (C=O) groups is 1. The van der Waals surface area contributed by atoms with Gasteiger partial charge in [0.2, 0.25) is 0 Å². The third-order valence-corrected chi connectivity index (χ3v) is 8.41. The molecule has 3 aromatic rings. The lowest BCUT2D eigenvalue weighted by Crippen LogP contribution is -2.48. The van der Waals surface area contributed by atoms with Crippen LogP contribution in [0.1, 0.15) is 22.8 Å². The molecule has 170 valence electrons. The van der Waals surface area contributed by atoms with Crippen LogP contribution in [0.3, 0.4) is 0 Å². The second-order valence-electron chi connectivity index (χ2n) is 8.63. The summed E-state index contributed by atoms with van der Waals surface area (Å²) >= 11 is 0. The van der Waals surface area contributed by atoms with E-state index < -0.39 is 10.0 Å². The van der Waals surface area contributed by atoms with E-state index >= 15 is 0 Å². The second kappa shape index (κ2) is 8.56. The van der Waals surface area contributed by atoms with Crippen molar-refractivity contribution in [3.8, 4) is 0 Å². The van der Waals surface area contributed by atoms with E-state index in [-0.39, 0.29) is 16.8 Å². The summed E-state index contributed by atoms with van der Waals surface area (Å²) in [7, 11) is -3.65. The minimum Gasteiger partial charge on any atom is -0.368 e. The lowest BCUT2D eigenvalue weighted by molar-refractivity contribution is 0.0746. The highest BCUT2D eigenvalue weighted by molar-refractivity contribution is 7.92. The number of amides is 1. The molecule has 2 aliphatic rings. The number of piperazine rings is 1. The minimum atomic E-state index is -3.65. The summed E-state index contributed by atoms with van der Waals surface area (Å²) in [6.45, 7) is 4.82. The molecule has 0 aromatic heterocycles. The van der Waals surface area contributed by atoms with Crippen LogP contribution in [0.5, 0.6) is 0 Å². The molecule has 0 N–H and O–H groups in total. The number of anilines is 2. The monoisotopic (exact) mass is 461 g/mol. The average molecular weight is 462 g/mol. The molecule has 0 bridgehead atoms. The predicted molar refractivity (Wildman–Crippen MR) is 130 cm³/mol. The van der Waals surface area contributed by atoms with Crippen LogP contribution >= 0.6 is 0 Å². The summed E-state index contributed by atoms with van der Waals surface area (Å²) in [5.41, 5.74) is 3.36. The summed E-state index contributed by atoms with van der Waals surface area (Å²) in [5, 5.41) is 0. The Labute approximate surface area is 195 Å². The number of hydrogen-bond donors (Lipinski definition) is 0. The number of nitrogens with zero attached hydrogens (tertiary/aromatic N) is 3. The number of carbonyl (C=O) groups excluding carboxylic acids is 1. The molecule has 1 amide bonds. The standard InChI is InChI=1S/C26H27N3O3S/c1-20-18-22-19-21(12-13-25(22)29(20)33(31,32)24-10-6-3-7-11-24)26(30)28-16-14-27(15-17-28)23-8-4-2-5-9-23/h2-13,19-20H,14-18H2,1H3/t20-/m0/s1. The maximum Gasteiger partial charge on any atom is 0.264 e. The van der Waals surface area contributed by atoms with E-state index in [9.17, 15) is 13.2 Å². The van der Waals surface area contributed by atoms with Gasteiger partial charge in [0, 0.05) is 43.5 Å². The number of sulfonamides is 1. The predicted octanol–water partition coefficient (Wildman–Crippen LogP) is 3.79. The number of hydrogen-bond acceptors (Lipinski definition) is 4. The second-order valence-corrected chi connectivity index (χ2v) is 10.4. The van der Waals surface area contributed by atoms with Crippen LogP contribution in [0.25, 0.3) is 0 Å². The number of para-hydroxylation sites is 1. The van der Waals surface area contributed by atoms with Gasteiger partial charge in [0.25, 0.3) is 15.9 Å². The lowest BCUT2D eigenvalue weighted by atomic mass is 10.1. The van der Waals surface area contributed by atoms with Gasteiger partial charge in [-0.05, 0) is 61.4 Å². The molecular formula is C26H27N3O3S. The topological polar surface area (TPSA) is 60.9 Å². The van der Waals surface area contributed by atoms with Crippen molar-refractivity contribution in [2.24, 2.45) is 0 Å². The van der Waals surface area contributed by atoms with Crippen LogP contribution in [0.4, 0.5) is 11.4 Å². The maximum absolute atomic E-state index is 13.3. The first kappa shape index (κ1) is 21.5. The SMILES string of the molecule is C[C@H]1Cc2cc(C(=O)N3CCN(c4ccccc4)CC3)ccc2N1S(=O)(=O)c1ccccc1. The van der Waals surface area contributed by atoms with Crippen molar-refractivity contribution < 1.29 is 13.2 Å². The highest BCUT2D eigenvalue weighted by Gasteiger charge is 2.36. The van der Waals surface area contributed by atoms with E-state index in [0.717, 1.165) is 18.7 Å². The van der Waals surface area contributed by atoms with Crippen LogP contribution < -0.4 is 9.21 Å². The minimum absolute atomic E-state index is 0.00234. The molecule has 1 fully saturated rings. The zero-order valence-corrected chi connectivity index (χ0v) is 19.4. The Hall–Kier alpha value is -3.32. The molecule has 33 heavy (non-hydrogen) atoms. The quantitative estimate of drug-likeness (QED) is 0.593. The van der Waals surface area contributed by atoms with E-state index in [4.69, 9.17) is 0 Å².